The Morgan fingerprint density at radius 2 is 2.07 bits per heavy atom. The van der Waals surface area contributed by atoms with E-state index >= 15 is 0 Å². The molecule has 1 aromatic rings. The highest BCUT2D eigenvalue weighted by Gasteiger charge is 2.05. The summed E-state index contributed by atoms with van der Waals surface area (Å²) in [5.74, 6) is -0.0862. The Morgan fingerprint density at radius 1 is 1.33 bits per heavy atom. The molecule has 0 aromatic heterocycles. The van der Waals surface area contributed by atoms with Crippen molar-refractivity contribution in [3.05, 3.63) is 23.8 Å². The molecule has 1 aromatic carbocycles. The van der Waals surface area contributed by atoms with E-state index in [4.69, 9.17) is 17.2 Å². The molecule has 0 spiro atoms. The van der Waals surface area contributed by atoms with Gasteiger partial charge in [-0.15, -0.1) is 0 Å². The van der Waals surface area contributed by atoms with E-state index in [0.29, 0.717) is 24.5 Å². The van der Waals surface area contributed by atoms with Crippen molar-refractivity contribution in [2.45, 2.75) is 6.42 Å². The van der Waals surface area contributed by atoms with Gasteiger partial charge in [-0.3, -0.25) is 4.79 Å². The highest BCUT2D eigenvalue weighted by atomic mass is 16.1. The van der Waals surface area contributed by atoms with Gasteiger partial charge in [-0.05, 0) is 17.7 Å². The summed E-state index contributed by atoms with van der Waals surface area (Å²) in [5, 5.41) is 2.67. The minimum atomic E-state index is -0.0862. The third kappa shape index (κ3) is 3.47. The van der Waals surface area contributed by atoms with Crippen LogP contribution >= 0.6 is 0 Å². The molecule has 5 heteroatoms. The van der Waals surface area contributed by atoms with Gasteiger partial charge in [-0.25, -0.2) is 0 Å². The third-order valence-electron chi connectivity index (χ3n) is 1.99. The number of anilines is 2. The van der Waals surface area contributed by atoms with E-state index < -0.39 is 0 Å². The second-order valence-electron chi connectivity index (χ2n) is 3.27. The number of hydrogen-bond donors (Lipinski definition) is 4. The summed E-state index contributed by atoms with van der Waals surface area (Å²) < 4.78 is 0. The van der Waals surface area contributed by atoms with Gasteiger partial charge in [0.05, 0.1) is 6.42 Å². The number of carbonyl (C=O) groups excluding carboxylic acids is 1. The van der Waals surface area contributed by atoms with Gasteiger partial charge in [0.25, 0.3) is 0 Å². The molecule has 1 amide bonds. The molecule has 0 atom stereocenters. The Labute approximate surface area is 88.6 Å². The zero-order chi connectivity index (χ0) is 11.3. The van der Waals surface area contributed by atoms with Gasteiger partial charge in [0.15, 0.2) is 0 Å². The van der Waals surface area contributed by atoms with Gasteiger partial charge >= 0.3 is 0 Å². The lowest BCUT2D eigenvalue weighted by atomic mass is 10.1. The van der Waals surface area contributed by atoms with Gasteiger partial charge in [-0.2, -0.15) is 0 Å². The molecule has 0 fully saturated rings. The monoisotopic (exact) mass is 208 g/mol. The normalized spacial score (nSPS) is 9.93. The topological polar surface area (TPSA) is 107 Å². The molecule has 1 rings (SSSR count). The first-order chi connectivity index (χ1) is 7.13. The first kappa shape index (κ1) is 11.3. The molecule has 5 nitrogen and oxygen atoms in total. The highest BCUT2D eigenvalue weighted by Crippen LogP contribution is 2.15. The molecule has 15 heavy (non-hydrogen) atoms. The maximum absolute atomic E-state index is 11.4. The van der Waals surface area contributed by atoms with Crippen LogP contribution in [0.5, 0.6) is 0 Å². The first-order valence-corrected chi connectivity index (χ1v) is 4.74. The van der Waals surface area contributed by atoms with E-state index in [1.54, 1.807) is 18.2 Å². The highest BCUT2D eigenvalue weighted by molar-refractivity contribution is 5.80. The quantitative estimate of drug-likeness (QED) is 0.499. The maximum atomic E-state index is 11.4. The van der Waals surface area contributed by atoms with E-state index in [9.17, 15) is 4.79 Å². The van der Waals surface area contributed by atoms with Crippen molar-refractivity contribution in [2.24, 2.45) is 5.73 Å². The molecule has 0 aliphatic rings. The molecular formula is C10H16N4O. The number of rotatable bonds is 4. The number of nitrogen functional groups attached to an aromatic ring is 2. The van der Waals surface area contributed by atoms with Gasteiger partial charge in [0.2, 0.25) is 5.91 Å². The largest absolute Gasteiger partial charge is 0.399 e. The summed E-state index contributed by atoms with van der Waals surface area (Å²) in [7, 11) is 0. The molecular weight excluding hydrogens is 192 g/mol. The Balaban J connectivity index is 2.60. The van der Waals surface area contributed by atoms with Crippen molar-refractivity contribution in [1.82, 2.24) is 5.32 Å². The molecule has 0 saturated carbocycles. The van der Waals surface area contributed by atoms with E-state index in [1.807, 2.05) is 0 Å². The van der Waals surface area contributed by atoms with Crippen LogP contribution in [0.1, 0.15) is 5.56 Å². The van der Waals surface area contributed by atoms with Crippen molar-refractivity contribution in [2.75, 3.05) is 24.6 Å². The minimum absolute atomic E-state index is 0.0862. The molecule has 0 unspecified atom stereocenters. The lowest BCUT2D eigenvalue weighted by Gasteiger charge is -2.07. The Kier molecular flexibility index (Phi) is 3.93. The summed E-state index contributed by atoms with van der Waals surface area (Å²) >= 11 is 0. The third-order valence-corrected chi connectivity index (χ3v) is 1.99. The van der Waals surface area contributed by atoms with Crippen LogP contribution in [0.4, 0.5) is 11.4 Å². The molecule has 0 radical (unpaired) electrons. The number of amides is 1. The van der Waals surface area contributed by atoms with Gasteiger partial charge in [0.1, 0.15) is 0 Å². The predicted octanol–water partition coefficient (Wildman–Crippen LogP) is -0.532. The summed E-state index contributed by atoms with van der Waals surface area (Å²) in [6.45, 7) is 0.913. The second-order valence-corrected chi connectivity index (χ2v) is 3.27. The molecule has 82 valence electrons. The van der Waals surface area contributed by atoms with Crippen molar-refractivity contribution < 1.29 is 4.79 Å². The molecule has 0 aliphatic carbocycles. The van der Waals surface area contributed by atoms with Crippen molar-refractivity contribution >= 4 is 17.3 Å². The number of hydrogen-bond acceptors (Lipinski definition) is 4. The fourth-order valence-corrected chi connectivity index (χ4v) is 1.22. The van der Waals surface area contributed by atoms with Crippen LogP contribution in [-0.4, -0.2) is 19.0 Å². The van der Waals surface area contributed by atoms with Crippen LogP contribution in [-0.2, 0) is 11.2 Å². The summed E-state index contributed by atoms with van der Waals surface area (Å²) in [5.41, 5.74) is 18.4. The van der Waals surface area contributed by atoms with Crippen LogP contribution in [0.2, 0.25) is 0 Å². The standard InChI is InChI=1S/C10H16N4O/c11-3-4-14-10(15)5-7-1-2-8(12)6-9(7)13/h1-2,6H,3-5,11-13H2,(H,14,15). The van der Waals surface area contributed by atoms with E-state index in [1.165, 1.54) is 0 Å². The predicted molar refractivity (Wildman–Crippen MR) is 61.0 cm³/mol. The molecule has 0 saturated heterocycles. The van der Waals surface area contributed by atoms with Crippen molar-refractivity contribution in [3.63, 3.8) is 0 Å². The lowest BCUT2D eigenvalue weighted by molar-refractivity contribution is -0.120. The zero-order valence-corrected chi connectivity index (χ0v) is 8.49. The van der Waals surface area contributed by atoms with E-state index in [-0.39, 0.29) is 12.3 Å². The van der Waals surface area contributed by atoms with Crippen LogP contribution in [0.3, 0.4) is 0 Å². The molecule has 0 bridgehead atoms. The Hall–Kier alpha value is -1.75. The summed E-state index contributed by atoms with van der Waals surface area (Å²) in [4.78, 5) is 11.4. The molecule has 7 N–H and O–H groups in total. The number of nitrogens with one attached hydrogen (secondary N) is 1. The average Bonchev–Trinajstić information content (AvgIpc) is 2.19. The minimum Gasteiger partial charge on any atom is -0.399 e. The average molecular weight is 208 g/mol. The number of benzene rings is 1. The SMILES string of the molecule is NCCNC(=O)Cc1ccc(N)cc1N. The van der Waals surface area contributed by atoms with Crippen LogP contribution in [0.15, 0.2) is 18.2 Å². The van der Waals surface area contributed by atoms with Crippen molar-refractivity contribution in [3.8, 4) is 0 Å². The molecule has 0 aliphatic heterocycles. The van der Waals surface area contributed by atoms with E-state index in [2.05, 4.69) is 5.32 Å². The number of nitrogens with two attached hydrogens (primary N) is 3. The van der Waals surface area contributed by atoms with Crippen molar-refractivity contribution in [1.29, 1.82) is 0 Å². The Morgan fingerprint density at radius 3 is 2.67 bits per heavy atom. The first-order valence-electron chi connectivity index (χ1n) is 4.74. The van der Waals surface area contributed by atoms with Gasteiger partial charge < -0.3 is 22.5 Å². The lowest BCUT2D eigenvalue weighted by Crippen LogP contribution is -2.30. The maximum Gasteiger partial charge on any atom is 0.224 e. The smallest absolute Gasteiger partial charge is 0.224 e. The van der Waals surface area contributed by atoms with Crippen LogP contribution < -0.4 is 22.5 Å². The summed E-state index contributed by atoms with van der Waals surface area (Å²) in [6, 6.07) is 5.13. The zero-order valence-electron chi connectivity index (χ0n) is 8.49. The second kappa shape index (κ2) is 5.21. The van der Waals surface area contributed by atoms with Crippen LogP contribution in [0.25, 0.3) is 0 Å². The van der Waals surface area contributed by atoms with Crippen LogP contribution in [0, 0.1) is 0 Å². The fraction of sp³-hybridized carbons (Fsp3) is 0.300. The molecule has 0 heterocycles. The van der Waals surface area contributed by atoms with Gasteiger partial charge in [-0.1, -0.05) is 6.07 Å². The summed E-state index contributed by atoms with van der Waals surface area (Å²) in [6.07, 6.45) is 0.256. The number of carbonyl (C=O) groups is 1. The van der Waals surface area contributed by atoms with E-state index in [0.717, 1.165) is 5.56 Å². The Bertz CT molecular complexity index is 351. The van der Waals surface area contributed by atoms with Gasteiger partial charge in [0, 0.05) is 24.5 Å². The fourth-order valence-electron chi connectivity index (χ4n) is 1.22.